The van der Waals surface area contributed by atoms with Gasteiger partial charge in [-0.1, -0.05) is 30.3 Å². The molecule has 0 aliphatic heterocycles. The van der Waals surface area contributed by atoms with Crippen LogP contribution in [0.4, 0.5) is 22.4 Å². The molecule has 0 aliphatic carbocycles. The highest BCUT2D eigenvalue weighted by atomic mass is 16.5. The smallest absolute Gasteiger partial charge is 0.328 e. The zero-order chi connectivity index (χ0) is 23.9. The van der Waals surface area contributed by atoms with Crippen molar-refractivity contribution < 1.29 is 24.2 Å². The normalized spacial score (nSPS) is 10.4. The van der Waals surface area contributed by atoms with Crippen molar-refractivity contribution in [1.29, 1.82) is 0 Å². The first-order valence-corrected chi connectivity index (χ1v) is 10.1. The quantitative estimate of drug-likeness (QED) is 0.306. The molecule has 4 rings (SSSR count). The standard InChI is InChI=1S/C23H20N6O5/c1-33-17-10-7-16(8-11-17)25-22(32)27-21-26-20(24-13-19(30)31)28-23(29-21)34-18-9-6-14-4-2-3-5-15(14)12-18/h2-12H,13H2,1H3,(H,30,31)(H3,24,25,26,27,28,29,32). The Morgan fingerprint density at radius 1 is 0.853 bits per heavy atom. The van der Waals surface area contributed by atoms with E-state index in [-0.39, 0.29) is 17.9 Å². The van der Waals surface area contributed by atoms with E-state index in [1.165, 1.54) is 0 Å². The van der Waals surface area contributed by atoms with Crippen LogP contribution in [0.3, 0.4) is 0 Å². The minimum Gasteiger partial charge on any atom is -0.497 e. The van der Waals surface area contributed by atoms with Crippen LogP contribution >= 0.6 is 0 Å². The largest absolute Gasteiger partial charge is 0.497 e. The number of ether oxygens (including phenoxy) is 2. The number of aliphatic carboxylic acids is 1. The number of fused-ring (bicyclic) bond motifs is 1. The third-order valence-corrected chi connectivity index (χ3v) is 4.52. The van der Waals surface area contributed by atoms with Gasteiger partial charge < -0.3 is 25.2 Å². The maximum Gasteiger partial charge on any atom is 0.328 e. The molecule has 0 atom stereocenters. The van der Waals surface area contributed by atoms with Gasteiger partial charge in [0.25, 0.3) is 0 Å². The van der Waals surface area contributed by atoms with E-state index in [2.05, 4.69) is 30.9 Å². The summed E-state index contributed by atoms with van der Waals surface area (Å²) >= 11 is 0. The number of aromatic nitrogens is 3. The molecule has 0 fully saturated rings. The first-order chi connectivity index (χ1) is 16.5. The van der Waals surface area contributed by atoms with Crippen LogP contribution in [0, 0.1) is 0 Å². The van der Waals surface area contributed by atoms with Crippen LogP contribution in [0.2, 0.25) is 0 Å². The van der Waals surface area contributed by atoms with Crippen LogP contribution in [0.25, 0.3) is 10.8 Å². The fourth-order valence-corrected chi connectivity index (χ4v) is 2.97. The molecule has 2 amide bonds. The molecular formula is C23H20N6O5. The zero-order valence-electron chi connectivity index (χ0n) is 18.0. The molecule has 1 aromatic heterocycles. The minimum absolute atomic E-state index is 0.0760. The lowest BCUT2D eigenvalue weighted by atomic mass is 10.1. The van der Waals surface area contributed by atoms with Crippen LogP contribution < -0.4 is 25.4 Å². The number of nitrogens with one attached hydrogen (secondary N) is 3. The Labute approximate surface area is 193 Å². The highest BCUT2D eigenvalue weighted by Gasteiger charge is 2.13. The molecule has 0 unspecified atom stereocenters. The highest BCUT2D eigenvalue weighted by Crippen LogP contribution is 2.25. The zero-order valence-corrected chi connectivity index (χ0v) is 18.0. The third-order valence-electron chi connectivity index (χ3n) is 4.52. The molecule has 172 valence electrons. The fraction of sp³-hybridized carbons (Fsp3) is 0.0870. The molecule has 34 heavy (non-hydrogen) atoms. The topological polar surface area (TPSA) is 148 Å². The molecule has 0 saturated carbocycles. The van der Waals surface area contributed by atoms with E-state index in [0.29, 0.717) is 17.2 Å². The summed E-state index contributed by atoms with van der Waals surface area (Å²) in [5, 5.41) is 18.6. The molecule has 0 aliphatic rings. The molecule has 3 aromatic carbocycles. The first kappa shape index (κ1) is 22.3. The number of amides is 2. The summed E-state index contributed by atoms with van der Waals surface area (Å²) in [5.41, 5.74) is 0.518. The van der Waals surface area contributed by atoms with Gasteiger partial charge in [-0.3, -0.25) is 10.1 Å². The molecule has 1 heterocycles. The fourth-order valence-electron chi connectivity index (χ4n) is 2.97. The number of carboxylic acid groups (broad SMARTS) is 1. The van der Waals surface area contributed by atoms with Gasteiger partial charge in [0, 0.05) is 5.69 Å². The van der Waals surface area contributed by atoms with E-state index < -0.39 is 18.5 Å². The number of methoxy groups -OCH3 is 1. The van der Waals surface area contributed by atoms with Crippen molar-refractivity contribution >= 4 is 40.4 Å². The number of hydrogen-bond acceptors (Lipinski definition) is 8. The van der Waals surface area contributed by atoms with Gasteiger partial charge in [0.15, 0.2) is 0 Å². The first-order valence-electron chi connectivity index (χ1n) is 10.1. The molecule has 4 N–H and O–H groups in total. The Morgan fingerprint density at radius 2 is 1.56 bits per heavy atom. The van der Waals surface area contributed by atoms with Crippen LogP contribution in [-0.4, -0.2) is 45.7 Å². The summed E-state index contributed by atoms with van der Waals surface area (Å²) in [6.07, 6.45) is 0. The number of benzene rings is 3. The van der Waals surface area contributed by atoms with Crippen molar-refractivity contribution in [3.05, 3.63) is 66.7 Å². The number of rotatable bonds is 8. The number of hydrogen-bond donors (Lipinski definition) is 4. The third kappa shape index (κ3) is 5.85. The predicted octanol–water partition coefficient (Wildman–Crippen LogP) is 3.97. The molecule has 4 aromatic rings. The van der Waals surface area contributed by atoms with Crippen molar-refractivity contribution in [2.75, 3.05) is 29.6 Å². The van der Waals surface area contributed by atoms with Gasteiger partial charge >= 0.3 is 18.0 Å². The van der Waals surface area contributed by atoms with E-state index in [4.69, 9.17) is 14.6 Å². The van der Waals surface area contributed by atoms with E-state index in [9.17, 15) is 9.59 Å². The van der Waals surface area contributed by atoms with E-state index in [1.54, 1.807) is 37.4 Å². The Kier molecular flexibility index (Phi) is 6.63. The number of nitrogens with zero attached hydrogens (tertiary/aromatic N) is 3. The molecule has 11 heteroatoms. The lowest BCUT2D eigenvalue weighted by molar-refractivity contribution is -0.134. The Hall–Kier alpha value is -4.93. The second-order valence-corrected chi connectivity index (χ2v) is 6.93. The number of carboxylic acids is 1. The maximum atomic E-state index is 12.4. The molecular weight excluding hydrogens is 440 g/mol. The second kappa shape index (κ2) is 10.1. The van der Waals surface area contributed by atoms with Gasteiger partial charge in [0.1, 0.15) is 18.0 Å². The van der Waals surface area contributed by atoms with Gasteiger partial charge in [0.2, 0.25) is 11.9 Å². The van der Waals surface area contributed by atoms with E-state index in [0.717, 1.165) is 10.8 Å². The summed E-state index contributed by atoms with van der Waals surface area (Å²) in [6.45, 7) is -0.434. The second-order valence-electron chi connectivity index (χ2n) is 6.93. The number of carbonyl (C=O) groups is 2. The van der Waals surface area contributed by atoms with Gasteiger partial charge in [-0.05, 0) is 47.2 Å². The van der Waals surface area contributed by atoms with Crippen molar-refractivity contribution in [2.45, 2.75) is 0 Å². The van der Waals surface area contributed by atoms with Crippen molar-refractivity contribution in [3.63, 3.8) is 0 Å². The van der Waals surface area contributed by atoms with Crippen molar-refractivity contribution in [3.8, 4) is 17.5 Å². The van der Waals surface area contributed by atoms with Crippen LogP contribution in [0.1, 0.15) is 0 Å². The lowest BCUT2D eigenvalue weighted by Crippen LogP contribution is -2.22. The Balaban J connectivity index is 1.53. The van der Waals surface area contributed by atoms with Crippen LogP contribution in [0.15, 0.2) is 66.7 Å². The van der Waals surface area contributed by atoms with Gasteiger partial charge in [-0.15, -0.1) is 0 Å². The Bertz CT molecular complexity index is 1330. The SMILES string of the molecule is COc1ccc(NC(=O)Nc2nc(NCC(=O)O)nc(Oc3ccc4ccccc4c3)n2)cc1. The molecule has 0 bridgehead atoms. The van der Waals surface area contributed by atoms with E-state index >= 15 is 0 Å². The van der Waals surface area contributed by atoms with Crippen LogP contribution in [0.5, 0.6) is 17.5 Å². The Morgan fingerprint density at radius 3 is 2.29 bits per heavy atom. The van der Waals surface area contributed by atoms with Crippen LogP contribution in [-0.2, 0) is 4.79 Å². The summed E-state index contributed by atoms with van der Waals surface area (Å²) in [7, 11) is 1.55. The number of urea groups is 1. The van der Waals surface area contributed by atoms with Gasteiger partial charge in [-0.25, -0.2) is 4.79 Å². The lowest BCUT2D eigenvalue weighted by Gasteiger charge is -2.11. The summed E-state index contributed by atoms with van der Waals surface area (Å²) in [5.74, 6) is -0.211. The van der Waals surface area contributed by atoms with Gasteiger partial charge in [-0.2, -0.15) is 15.0 Å². The minimum atomic E-state index is -1.11. The maximum absolute atomic E-state index is 12.4. The summed E-state index contributed by atoms with van der Waals surface area (Å²) < 4.78 is 10.9. The number of anilines is 3. The van der Waals surface area contributed by atoms with Crippen molar-refractivity contribution in [2.24, 2.45) is 0 Å². The van der Waals surface area contributed by atoms with Gasteiger partial charge in [0.05, 0.1) is 7.11 Å². The molecule has 11 nitrogen and oxygen atoms in total. The average Bonchev–Trinajstić information content (AvgIpc) is 2.83. The summed E-state index contributed by atoms with van der Waals surface area (Å²) in [4.78, 5) is 35.6. The molecule has 0 spiro atoms. The summed E-state index contributed by atoms with van der Waals surface area (Å²) in [6, 6.07) is 19.2. The molecule has 0 radical (unpaired) electrons. The van der Waals surface area contributed by atoms with Crippen molar-refractivity contribution in [1.82, 2.24) is 15.0 Å². The number of carbonyl (C=O) groups excluding carboxylic acids is 1. The average molecular weight is 460 g/mol. The molecule has 0 saturated heterocycles. The monoisotopic (exact) mass is 460 g/mol. The predicted molar refractivity (Wildman–Crippen MR) is 126 cm³/mol. The van der Waals surface area contributed by atoms with E-state index in [1.807, 2.05) is 36.4 Å². The highest BCUT2D eigenvalue weighted by molar-refractivity contribution is 5.98.